The minimum absolute atomic E-state index is 0.132. The molecule has 0 unspecified atom stereocenters. The fourth-order valence-corrected chi connectivity index (χ4v) is 3.58. The maximum absolute atomic E-state index is 13.5. The number of rotatable bonds is 6. The molecule has 0 fully saturated rings. The average Bonchev–Trinajstić information content (AvgIpc) is 3.14. The van der Waals surface area contributed by atoms with E-state index in [0.29, 0.717) is 0 Å². The van der Waals surface area contributed by atoms with Crippen molar-refractivity contribution in [1.29, 1.82) is 0 Å². The van der Waals surface area contributed by atoms with Gasteiger partial charge in [0.2, 0.25) is 5.78 Å². The standard InChI is InChI=1S/C24H22N2O/c1-17-9-5-6-12-19(17)15-26-23(18-10-3-2-4-11-18)24(27)21-16-25-22-14-8-7-13-20(21)22/h2-14,16,23,25-26H,15H2,1H3/p+1/t23-/m1/s1. The number of H-pyrrole nitrogens is 1. The van der Waals surface area contributed by atoms with Crippen LogP contribution in [0.2, 0.25) is 0 Å². The molecule has 0 aliphatic rings. The number of hydrogen-bond acceptors (Lipinski definition) is 1. The number of nitrogens with two attached hydrogens (primary N) is 1. The van der Waals surface area contributed by atoms with Crippen molar-refractivity contribution in [2.24, 2.45) is 0 Å². The molecule has 4 aromatic rings. The van der Waals surface area contributed by atoms with Gasteiger partial charge in [-0.2, -0.15) is 0 Å². The lowest BCUT2D eigenvalue weighted by atomic mass is 9.96. The molecule has 1 aromatic heterocycles. The van der Waals surface area contributed by atoms with E-state index in [2.05, 4.69) is 35.4 Å². The van der Waals surface area contributed by atoms with E-state index in [1.165, 1.54) is 11.1 Å². The number of para-hydroxylation sites is 1. The molecule has 0 bridgehead atoms. The molecule has 0 saturated heterocycles. The summed E-state index contributed by atoms with van der Waals surface area (Å²) in [7, 11) is 0. The lowest BCUT2D eigenvalue weighted by Crippen LogP contribution is -2.85. The Hall–Kier alpha value is -3.17. The van der Waals surface area contributed by atoms with E-state index in [1.807, 2.05) is 66.9 Å². The fourth-order valence-electron chi connectivity index (χ4n) is 3.58. The van der Waals surface area contributed by atoms with E-state index in [9.17, 15) is 4.79 Å². The molecule has 3 nitrogen and oxygen atoms in total. The third-order valence-corrected chi connectivity index (χ3v) is 5.13. The smallest absolute Gasteiger partial charge is 0.226 e. The first-order valence-electron chi connectivity index (χ1n) is 9.27. The topological polar surface area (TPSA) is 49.5 Å². The number of benzene rings is 3. The van der Waals surface area contributed by atoms with Crippen LogP contribution in [0.4, 0.5) is 0 Å². The van der Waals surface area contributed by atoms with Gasteiger partial charge in [0.1, 0.15) is 6.54 Å². The molecule has 3 N–H and O–H groups in total. The SMILES string of the molecule is Cc1ccccc1C[NH2+][C@@H](C(=O)c1c[nH]c2ccccc12)c1ccccc1. The maximum Gasteiger partial charge on any atom is 0.226 e. The molecule has 3 heteroatoms. The normalized spacial score (nSPS) is 12.2. The number of carbonyl (C=O) groups is 1. The summed E-state index contributed by atoms with van der Waals surface area (Å²) in [4.78, 5) is 16.7. The van der Waals surface area contributed by atoms with E-state index in [-0.39, 0.29) is 11.8 Å². The van der Waals surface area contributed by atoms with E-state index >= 15 is 0 Å². The Labute approximate surface area is 159 Å². The van der Waals surface area contributed by atoms with Crippen LogP contribution in [0, 0.1) is 6.92 Å². The van der Waals surface area contributed by atoms with Crippen LogP contribution in [0.1, 0.15) is 33.1 Å². The first kappa shape index (κ1) is 17.3. The quantitative estimate of drug-likeness (QED) is 0.501. The van der Waals surface area contributed by atoms with Crippen LogP contribution >= 0.6 is 0 Å². The molecule has 134 valence electrons. The van der Waals surface area contributed by atoms with Gasteiger partial charge < -0.3 is 10.3 Å². The van der Waals surface area contributed by atoms with Crippen molar-refractivity contribution in [3.63, 3.8) is 0 Å². The molecule has 27 heavy (non-hydrogen) atoms. The van der Waals surface area contributed by atoms with Gasteiger partial charge in [0.05, 0.1) is 0 Å². The van der Waals surface area contributed by atoms with Gasteiger partial charge in [-0.15, -0.1) is 0 Å². The summed E-state index contributed by atoms with van der Waals surface area (Å²) in [5.74, 6) is 0.132. The van der Waals surface area contributed by atoms with Gasteiger partial charge in [-0.1, -0.05) is 72.8 Å². The number of carbonyl (C=O) groups excluding carboxylic acids is 1. The van der Waals surface area contributed by atoms with Gasteiger partial charge in [0, 0.05) is 33.8 Å². The monoisotopic (exact) mass is 355 g/mol. The second-order valence-corrected chi connectivity index (χ2v) is 6.87. The highest BCUT2D eigenvalue weighted by molar-refractivity contribution is 6.09. The van der Waals surface area contributed by atoms with Crippen molar-refractivity contribution in [1.82, 2.24) is 4.98 Å². The number of hydrogen-bond donors (Lipinski definition) is 2. The zero-order valence-corrected chi connectivity index (χ0v) is 15.4. The Bertz CT molecular complexity index is 1070. The van der Waals surface area contributed by atoms with Crippen molar-refractivity contribution in [2.45, 2.75) is 19.5 Å². The van der Waals surface area contributed by atoms with Crippen molar-refractivity contribution >= 4 is 16.7 Å². The molecule has 0 aliphatic carbocycles. The Kier molecular flexibility index (Phi) is 4.86. The van der Waals surface area contributed by atoms with Crippen LogP contribution in [0.15, 0.2) is 85.1 Å². The van der Waals surface area contributed by atoms with Crippen LogP contribution in [0.25, 0.3) is 10.9 Å². The number of fused-ring (bicyclic) bond motifs is 1. The van der Waals surface area contributed by atoms with Gasteiger partial charge in [0.15, 0.2) is 6.04 Å². The van der Waals surface area contributed by atoms with Crippen molar-refractivity contribution in [3.8, 4) is 0 Å². The molecule has 0 aliphatic heterocycles. The number of nitrogens with one attached hydrogen (secondary N) is 1. The Balaban J connectivity index is 1.68. The largest absolute Gasteiger partial charge is 0.360 e. The van der Waals surface area contributed by atoms with Crippen molar-refractivity contribution in [2.75, 3.05) is 0 Å². The van der Waals surface area contributed by atoms with Gasteiger partial charge in [-0.25, -0.2) is 0 Å². The Morgan fingerprint density at radius 2 is 1.63 bits per heavy atom. The van der Waals surface area contributed by atoms with Gasteiger partial charge in [-0.05, 0) is 18.6 Å². The van der Waals surface area contributed by atoms with Crippen LogP contribution < -0.4 is 5.32 Å². The van der Waals surface area contributed by atoms with Gasteiger partial charge in [0.25, 0.3) is 0 Å². The molecule has 0 radical (unpaired) electrons. The van der Waals surface area contributed by atoms with Gasteiger partial charge >= 0.3 is 0 Å². The summed E-state index contributed by atoms with van der Waals surface area (Å²) in [5.41, 5.74) is 5.28. The average molecular weight is 355 g/mol. The highest BCUT2D eigenvalue weighted by Gasteiger charge is 2.27. The van der Waals surface area contributed by atoms with E-state index < -0.39 is 0 Å². The highest BCUT2D eigenvalue weighted by atomic mass is 16.1. The second kappa shape index (κ2) is 7.60. The molecular weight excluding hydrogens is 332 g/mol. The maximum atomic E-state index is 13.5. The molecule has 1 atom stereocenters. The number of quaternary nitrogens is 1. The third-order valence-electron chi connectivity index (χ3n) is 5.13. The third kappa shape index (κ3) is 3.55. The summed E-state index contributed by atoms with van der Waals surface area (Å²) in [6.07, 6.45) is 1.84. The highest BCUT2D eigenvalue weighted by Crippen LogP contribution is 2.23. The van der Waals surface area contributed by atoms with Crippen LogP contribution in [-0.2, 0) is 6.54 Å². The molecule has 4 rings (SSSR count). The molecule has 0 amide bonds. The summed E-state index contributed by atoms with van der Waals surface area (Å²) in [6.45, 7) is 2.88. The lowest BCUT2D eigenvalue weighted by Gasteiger charge is -2.16. The summed E-state index contributed by atoms with van der Waals surface area (Å²) < 4.78 is 0. The Morgan fingerprint density at radius 1 is 0.926 bits per heavy atom. The number of ketones is 1. The second-order valence-electron chi connectivity index (χ2n) is 6.87. The zero-order chi connectivity index (χ0) is 18.6. The predicted molar refractivity (Wildman–Crippen MR) is 109 cm³/mol. The molecule has 0 spiro atoms. The number of aromatic nitrogens is 1. The predicted octanol–water partition coefficient (Wildman–Crippen LogP) is 4.16. The van der Waals surface area contributed by atoms with Crippen molar-refractivity contribution in [3.05, 3.63) is 107 Å². The fraction of sp³-hybridized carbons (Fsp3) is 0.125. The molecule has 1 heterocycles. The van der Waals surface area contributed by atoms with E-state index in [1.54, 1.807) is 0 Å². The number of aromatic amines is 1. The van der Waals surface area contributed by atoms with Crippen molar-refractivity contribution < 1.29 is 10.1 Å². The van der Waals surface area contributed by atoms with Gasteiger partial charge in [-0.3, -0.25) is 4.79 Å². The molecule has 0 saturated carbocycles. The van der Waals surface area contributed by atoms with Crippen LogP contribution in [0.5, 0.6) is 0 Å². The first-order chi connectivity index (χ1) is 13.2. The van der Waals surface area contributed by atoms with E-state index in [0.717, 1.165) is 28.6 Å². The number of aryl methyl sites for hydroxylation is 1. The summed E-state index contributed by atoms with van der Waals surface area (Å²) >= 11 is 0. The molecular formula is C24H23N2O+. The lowest BCUT2D eigenvalue weighted by molar-refractivity contribution is -0.697. The minimum atomic E-state index is -0.273. The van der Waals surface area contributed by atoms with Crippen LogP contribution in [-0.4, -0.2) is 10.8 Å². The first-order valence-corrected chi connectivity index (χ1v) is 9.27. The summed E-state index contributed by atoms with van der Waals surface area (Å²) in [6, 6.07) is 26.1. The molecule has 3 aromatic carbocycles. The van der Waals surface area contributed by atoms with Crippen LogP contribution in [0.3, 0.4) is 0 Å². The summed E-state index contributed by atoms with van der Waals surface area (Å²) in [5, 5.41) is 3.12. The minimum Gasteiger partial charge on any atom is -0.360 e. The Morgan fingerprint density at radius 3 is 2.44 bits per heavy atom. The zero-order valence-electron chi connectivity index (χ0n) is 15.4. The van der Waals surface area contributed by atoms with E-state index in [4.69, 9.17) is 0 Å². The number of Topliss-reactive ketones (excluding diaryl/α,β-unsaturated/α-hetero) is 1.